The molecule has 142 valence electrons. The number of likely N-dealkylation sites (tertiary alicyclic amines) is 1. The largest absolute Gasteiger partial charge is 0.465 e. The third-order valence-electron chi connectivity index (χ3n) is 6.07. The lowest BCUT2D eigenvalue weighted by Gasteiger charge is -2.46. The van der Waals surface area contributed by atoms with E-state index in [0.717, 1.165) is 36.2 Å². The topological polar surface area (TPSA) is 38.8 Å². The van der Waals surface area contributed by atoms with Crippen LogP contribution in [-0.4, -0.2) is 50.3 Å². The molecule has 2 heterocycles. The second-order valence-electron chi connectivity index (χ2n) is 7.30. The number of rotatable bonds is 5. The van der Waals surface area contributed by atoms with Crippen LogP contribution in [0.2, 0.25) is 0 Å². The van der Waals surface area contributed by atoms with Crippen molar-refractivity contribution < 1.29 is 14.3 Å². The van der Waals surface area contributed by atoms with Gasteiger partial charge in [-0.25, -0.2) is 4.79 Å². The summed E-state index contributed by atoms with van der Waals surface area (Å²) in [5, 5.41) is 1.96. The lowest BCUT2D eigenvalue weighted by Crippen LogP contribution is -2.56. The molecule has 1 saturated heterocycles. The minimum absolute atomic E-state index is 0. The molecule has 4 nitrogen and oxygen atoms in total. The second kappa shape index (κ2) is 8.85. The molecular weight excluding hydrogens is 358 g/mol. The number of methoxy groups -OCH3 is 2. The van der Waals surface area contributed by atoms with Gasteiger partial charge in [-0.2, -0.15) is 0 Å². The van der Waals surface area contributed by atoms with Gasteiger partial charge in [-0.1, -0.05) is 6.92 Å². The highest BCUT2D eigenvalue weighted by atomic mass is 35.5. The van der Waals surface area contributed by atoms with E-state index in [1.54, 1.807) is 11.3 Å². The average molecular weight is 388 g/mol. The highest BCUT2D eigenvalue weighted by Gasteiger charge is 2.36. The van der Waals surface area contributed by atoms with Gasteiger partial charge in [0.1, 0.15) is 0 Å². The van der Waals surface area contributed by atoms with E-state index in [4.69, 9.17) is 9.47 Å². The van der Waals surface area contributed by atoms with Crippen LogP contribution in [-0.2, 0) is 9.47 Å². The van der Waals surface area contributed by atoms with Crippen molar-refractivity contribution >= 4 is 29.7 Å². The van der Waals surface area contributed by atoms with Gasteiger partial charge in [-0.15, -0.1) is 23.7 Å². The monoisotopic (exact) mass is 387 g/mol. The normalized spacial score (nSPS) is 25.8. The third-order valence-corrected chi connectivity index (χ3v) is 7.36. The van der Waals surface area contributed by atoms with Gasteiger partial charge < -0.3 is 9.47 Å². The standard InChI is InChI=1S/C19H29NO3S.ClH/c1-12(18-13(2)17(11-24-18)19(21)23-4)14-5-7-15(8-6-14)20-9-16(10-20)22-3;/h11-12,14-16H,5-10H2,1-4H3;1H. The number of hydrogen-bond donors (Lipinski definition) is 0. The van der Waals surface area contributed by atoms with E-state index < -0.39 is 0 Å². The first kappa shape index (κ1) is 20.7. The van der Waals surface area contributed by atoms with Crippen molar-refractivity contribution in [2.75, 3.05) is 27.3 Å². The fourth-order valence-corrected chi connectivity index (χ4v) is 5.50. The van der Waals surface area contributed by atoms with E-state index in [2.05, 4.69) is 18.7 Å². The third kappa shape index (κ3) is 4.21. The minimum Gasteiger partial charge on any atom is -0.465 e. The van der Waals surface area contributed by atoms with Gasteiger partial charge in [0.2, 0.25) is 0 Å². The van der Waals surface area contributed by atoms with Crippen LogP contribution in [0.1, 0.15) is 59.3 Å². The lowest BCUT2D eigenvalue weighted by molar-refractivity contribution is -0.0600. The Morgan fingerprint density at radius 1 is 1.24 bits per heavy atom. The Kier molecular flexibility index (Phi) is 7.32. The van der Waals surface area contributed by atoms with Crippen LogP contribution in [0.4, 0.5) is 0 Å². The summed E-state index contributed by atoms with van der Waals surface area (Å²) in [4.78, 5) is 15.8. The van der Waals surface area contributed by atoms with E-state index in [1.165, 1.54) is 37.7 Å². The fourth-order valence-electron chi connectivity index (χ4n) is 4.29. The molecule has 0 amide bonds. The zero-order valence-electron chi connectivity index (χ0n) is 15.6. The van der Waals surface area contributed by atoms with Crippen molar-refractivity contribution in [3.05, 3.63) is 21.4 Å². The highest BCUT2D eigenvalue weighted by molar-refractivity contribution is 7.10. The number of esters is 1. The Labute approximate surface area is 161 Å². The number of carbonyl (C=O) groups is 1. The van der Waals surface area contributed by atoms with Crippen molar-refractivity contribution in [2.45, 2.75) is 57.6 Å². The summed E-state index contributed by atoms with van der Waals surface area (Å²) in [6, 6.07) is 0.745. The quantitative estimate of drug-likeness (QED) is 0.707. The van der Waals surface area contributed by atoms with Crippen LogP contribution in [0.25, 0.3) is 0 Å². The molecule has 1 saturated carbocycles. The number of carbonyl (C=O) groups excluding carboxylic acids is 1. The first-order valence-corrected chi connectivity index (χ1v) is 9.86. The summed E-state index contributed by atoms with van der Waals surface area (Å²) in [6.45, 7) is 6.60. The summed E-state index contributed by atoms with van der Waals surface area (Å²) in [5.74, 6) is 1.04. The van der Waals surface area contributed by atoms with Crippen molar-refractivity contribution in [1.29, 1.82) is 0 Å². The molecule has 0 bridgehead atoms. The molecule has 1 aromatic heterocycles. The zero-order valence-corrected chi connectivity index (χ0v) is 17.3. The Balaban J connectivity index is 0.00000225. The van der Waals surface area contributed by atoms with Crippen molar-refractivity contribution in [3.8, 4) is 0 Å². The molecule has 6 heteroatoms. The first-order valence-electron chi connectivity index (χ1n) is 8.98. The maximum absolute atomic E-state index is 11.8. The van der Waals surface area contributed by atoms with Gasteiger partial charge in [0, 0.05) is 36.5 Å². The zero-order chi connectivity index (χ0) is 17.3. The Bertz CT molecular complexity index is 577. The van der Waals surface area contributed by atoms with E-state index in [0.29, 0.717) is 12.0 Å². The van der Waals surface area contributed by atoms with E-state index in [1.807, 2.05) is 12.5 Å². The minimum atomic E-state index is -0.212. The molecule has 1 unspecified atom stereocenters. The average Bonchev–Trinajstić information content (AvgIpc) is 2.95. The molecule has 0 radical (unpaired) electrons. The molecule has 1 aliphatic carbocycles. The van der Waals surface area contributed by atoms with Gasteiger partial charge in [0.05, 0.1) is 18.8 Å². The van der Waals surface area contributed by atoms with Crippen molar-refractivity contribution in [2.24, 2.45) is 5.92 Å². The number of nitrogens with zero attached hydrogens (tertiary/aromatic N) is 1. The summed E-state index contributed by atoms with van der Waals surface area (Å²) in [5.41, 5.74) is 1.86. The Hall–Kier alpha value is -0.620. The molecule has 1 atom stereocenters. The molecule has 2 aliphatic rings. The van der Waals surface area contributed by atoms with Gasteiger partial charge >= 0.3 is 5.97 Å². The molecule has 1 aliphatic heterocycles. The number of hydrogen-bond acceptors (Lipinski definition) is 5. The maximum atomic E-state index is 11.8. The van der Waals surface area contributed by atoms with Crippen LogP contribution in [0.3, 0.4) is 0 Å². The van der Waals surface area contributed by atoms with E-state index in [-0.39, 0.29) is 18.4 Å². The van der Waals surface area contributed by atoms with Gasteiger partial charge in [0.25, 0.3) is 0 Å². The van der Waals surface area contributed by atoms with Crippen molar-refractivity contribution in [1.82, 2.24) is 4.90 Å². The summed E-state index contributed by atoms with van der Waals surface area (Å²) in [6.07, 6.45) is 5.60. The van der Waals surface area contributed by atoms with E-state index >= 15 is 0 Å². The molecule has 3 rings (SSSR count). The van der Waals surface area contributed by atoms with E-state index in [9.17, 15) is 4.79 Å². The van der Waals surface area contributed by atoms with Gasteiger partial charge in [-0.05, 0) is 50.0 Å². The Morgan fingerprint density at radius 3 is 2.44 bits per heavy atom. The van der Waals surface area contributed by atoms with Crippen molar-refractivity contribution in [3.63, 3.8) is 0 Å². The maximum Gasteiger partial charge on any atom is 0.338 e. The molecule has 2 fully saturated rings. The fraction of sp³-hybridized carbons (Fsp3) is 0.737. The molecular formula is C19H30ClNO3S. The molecule has 0 spiro atoms. The van der Waals surface area contributed by atoms with Gasteiger partial charge in [-0.3, -0.25) is 4.90 Å². The SMILES string of the molecule is COC(=O)c1csc(C(C)C2CCC(N3CC(OC)C3)CC2)c1C.Cl. The summed E-state index contributed by atoms with van der Waals surface area (Å²) >= 11 is 1.72. The summed E-state index contributed by atoms with van der Waals surface area (Å²) < 4.78 is 10.3. The second-order valence-corrected chi connectivity index (χ2v) is 8.21. The summed E-state index contributed by atoms with van der Waals surface area (Å²) in [7, 11) is 3.26. The van der Waals surface area contributed by atoms with Crippen LogP contribution < -0.4 is 0 Å². The smallest absolute Gasteiger partial charge is 0.338 e. The molecule has 1 aromatic rings. The predicted molar refractivity (Wildman–Crippen MR) is 104 cm³/mol. The molecule has 0 N–H and O–H groups in total. The van der Waals surface area contributed by atoms with Crippen LogP contribution >= 0.6 is 23.7 Å². The number of ether oxygens (including phenoxy) is 2. The van der Waals surface area contributed by atoms with Crippen LogP contribution in [0.15, 0.2) is 5.38 Å². The molecule has 25 heavy (non-hydrogen) atoms. The highest BCUT2D eigenvalue weighted by Crippen LogP contribution is 2.41. The van der Waals surface area contributed by atoms with Crippen LogP contribution in [0, 0.1) is 12.8 Å². The lowest BCUT2D eigenvalue weighted by atomic mass is 9.77. The molecule has 0 aromatic carbocycles. The first-order chi connectivity index (χ1) is 11.5. The predicted octanol–water partition coefficient (Wildman–Crippen LogP) is 4.26. The number of thiophene rings is 1. The Morgan fingerprint density at radius 2 is 1.88 bits per heavy atom. The van der Waals surface area contributed by atoms with Crippen LogP contribution in [0.5, 0.6) is 0 Å². The number of halogens is 1. The van der Waals surface area contributed by atoms with Gasteiger partial charge in [0.15, 0.2) is 0 Å².